The predicted molar refractivity (Wildman–Crippen MR) is 56.9 cm³/mol. The number of carbonyl (C=O) groups is 2. The SMILES string of the molecule is C=C(C)C(=O)Oc1cccc(C(C)=O)c1. The van der Waals surface area contributed by atoms with Gasteiger partial charge in [-0.3, -0.25) is 4.79 Å². The Morgan fingerprint density at radius 1 is 1.27 bits per heavy atom. The van der Waals surface area contributed by atoms with Crippen molar-refractivity contribution in [3.63, 3.8) is 0 Å². The molecule has 15 heavy (non-hydrogen) atoms. The Kier molecular flexibility index (Phi) is 3.39. The molecule has 0 N–H and O–H groups in total. The Morgan fingerprint density at radius 3 is 2.47 bits per heavy atom. The van der Waals surface area contributed by atoms with E-state index in [1.807, 2.05) is 0 Å². The van der Waals surface area contributed by atoms with Gasteiger partial charge in [0.05, 0.1) is 0 Å². The Labute approximate surface area is 88.4 Å². The van der Waals surface area contributed by atoms with Crippen LogP contribution in [0.1, 0.15) is 24.2 Å². The van der Waals surface area contributed by atoms with Gasteiger partial charge in [-0.25, -0.2) is 4.79 Å². The summed E-state index contributed by atoms with van der Waals surface area (Å²) < 4.78 is 4.98. The van der Waals surface area contributed by atoms with E-state index in [0.717, 1.165) is 0 Å². The summed E-state index contributed by atoms with van der Waals surface area (Å²) in [6, 6.07) is 6.48. The van der Waals surface area contributed by atoms with Crippen molar-refractivity contribution < 1.29 is 14.3 Å². The number of rotatable bonds is 3. The minimum atomic E-state index is -0.490. The average molecular weight is 204 g/mol. The molecule has 0 fully saturated rings. The summed E-state index contributed by atoms with van der Waals surface area (Å²) in [7, 11) is 0. The van der Waals surface area contributed by atoms with Crippen LogP contribution in [0.3, 0.4) is 0 Å². The Morgan fingerprint density at radius 2 is 1.93 bits per heavy atom. The second kappa shape index (κ2) is 4.55. The zero-order valence-corrected chi connectivity index (χ0v) is 8.74. The van der Waals surface area contributed by atoms with Crippen LogP contribution in [-0.4, -0.2) is 11.8 Å². The molecule has 1 aromatic rings. The van der Waals surface area contributed by atoms with E-state index in [2.05, 4.69) is 6.58 Å². The summed E-state index contributed by atoms with van der Waals surface area (Å²) in [5, 5.41) is 0. The van der Waals surface area contributed by atoms with E-state index in [1.165, 1.54) is 13.0 Å². The highest BCUT2D eigenvalue weighted by Crippen LogP contribution is 2.14. The summed E-state index contributed by atoms with van der Waals surface area (Å²) >= 11 is 0. The molecule has 0 spiro atoms. The second-order valence-electron chi connectivity index (χ2n) is 3.25. The molecular formula is C12H12O3. The van der Waals surface area contributed by atoms with Gasteiger partial charge in [-0.05, 0) is 26.0 Å². The molecule has 0 aromatic heterocycles. The van der Waals surface area contributed by atoms with Gasteiger partial charge in [0.2, 0.25) is 0 Å². The molecule has 0 atom stereocenters. The summed E-state index contributed by atoms with van der Waals surface area (Å²) in [5.41, 5.74) is 0.838. The van der Waals surface area contributed by atoms with Gasteiger partial charge in [0.1, 0.15) is 5.75 Å². The van der Waals surface area contributed by atoms with Crippen molar-refractivity contribution in [2.75, 3.05) is 0 Å². The number of Topliss-reactive ketones (excluding diaryl/α,β-unsaturated/α-hetero) is 1. The lowest BCUT2D eigenvalue weighted by Gasteiger charge is -2.04. The van der Waals surface area contributed by atoms with Crippen molar-refractivity contribution in [2.24, 2.45) is 0 Å². The van der Waals surface area contributed by atoms with E-state index in [9.17, 15) is 9.59 Å². The maximum absolute atomic E-state index is 11.2. The number of ether oxygens (including phenoxy) is 1. The molecule has 3 nitrogen and oxygen atoms in total. The van der Waals surface area contributed by atoms with Crippen LogP contribution in [0.25, 0.3) is 0 Å². The van der Waals surface area contributed by atoms with Crippen LogP contribution in [0, 0.1) is 0 Å². The third kappa shape index (κ3) is 3.06. The lowest BCUT2D eigenvalue weighted by molar-refractivity contribution is -0.130. The van der Waals surface area contributed by atoms with Crippen LogP contribution in [0.4, 0.5) is 0 Å². The van der Waals surface area contributed by atoms with E-state index in [4.69, 9.17) is 4.74 Å². The normalized spacial score (nSPS) is 9.47. The molecule has 0 aliphatic carbocycles. The molecule has 0 saturated heterocycles. The average Bonchev–Trinajstić information content (AvgIpc) is 2.18. The van der Waals surface area contributed by atoms with Crippen molar-refractivity contribution >= 4 is 11.8 Å². The predicted octanol–water partition coefficient (Wildman–Crippen LogP) is 2.37. The third-order valence-electron chi connectivity index (χ3n) is 1.80. The van der Waals surface area contributed by atoms with Gasteiger partial charge < -0.3 is 4.74 Å². The topological polar surface area (TPSA) is 43.4 Å². The first-order valence-electron chi connectivity index (χ1n) is 4.49. The molecule has 0 unspecified atom stereocenters. The lowest BCUT2D eigenvalue weighted by atomic mass is 10.1. The minimum Gasteiger partial charge on any atom is -0.423 e. The van der Waals surface area contributed by atoms with E-state index in [0.29, 0.717) is 16.9 Å². The molecule has 0 saturated carbocycles. The summed E-state index contributed by atoms with van der Waals surface area (Å²) in [6.07, 6.45) is 0. The first-order chi connectivity index (χ1) is 7.00. The minimum absolute atomic E-state index is 0.0665. The lowest BCUT2D eigenvalue weighted by Crippen LogP contribution is -2.08. The summed E-state index contributed by atoms with van der Waals surface area (Å²) in [4.78, 5) is 22.2. The van der Waals surface area contributed by atoms with Crippen LogP contribution >= 0.6 is 0 Å². The highest BCUT2D eigenvalue weighted by atomic mass is 16.5. The molecule has 0 aliphatic heterocycles. The van der Waals surface area contributed by atoms with E-state index >= 15 is 0 Å². The van der Waals surface area contributed by atoms with Gasteiger partial charge in [-0.2, -0.15) is 0 Å². The Balaban J connectivity index is 2.87. The Hall–Kier alpha value is -1.90. The zero-order chi connectivity index (χ0) is 11.4. The smallest absolute Gasteiger partial charge is 0.338 e. The Bertz CT molecular complexity index is 419. The van der Waals surface area contributed by atoms with Crippen molar-refractivity contribution in [1.82, 2.24) is 0 Å². The quantitative estimate of drug-likeness (QED) is 0.328. The van der Waals surface area contributed by atoms with Gasteiger partial charge in [0.15, 0.2) is 5.78 Å². The van der Waals surface area contributed by atoms with E-state index in [1.54, 1.807) is 25.1 Å². The molecule has 0 amide bonds. The molecule has 0 aliphatic rings. The first-order valence-corrected chi connectivity index (χ1v) is 4.49. The third-order valence-corrected chi connectivity index (χ3v) is 1.80. The zero-order valence-electron chi connectivity index (χ0n) is 8.74. The summed E-state index contributed by atoms with van der Waals surface area (Å²) in [6.45, 7) is 6.49. The van der Waals surface area contributed by atoms with Crippen molar-refractivity contribution in [1.29, 1.82) is 0 Å². The number of ketones is 1. The maximum Gasteiger partial charge on any atom is 0.338 e. The molecule has 1 rings (SSSR count). The van der Waals surface area contributed by atoms with Gasteiger partial charge in [0, 0.05) is 11.1 Å². The van der Waals surface area contributed by atoms with Crippen LogP contribution in [-0.2, 0) is 4.79 Å². The highest BCUT2D eigenvalue weighted by Gasteiger charge is 2.06. The molecule has 1 aromatic carbocycles. The first kappa shape index (κ1) is 11.2. The number of carbonyl (C=O) groups excluding carboxylic acids is 2. The van der Waals surface area contributed by atoms with Crippen LogP contribution in [0.2, 0.25) is 0 Å². The molecule has 0 heterocycles. The molecule has 0 radical (unpaired) electrons. The van der Waals surface area contributed by atoms with Crippen LogP contribution < -0.4 is 4.74 Å². The van der Waals surface area contributed by atoms with Crippen molar-refractivity contribution in [3.8, 4) is 5.75 Å². The fourth-order valence-electron chi connectivity index (χ4n) is 0.973. The number of hydrogen-bond acceptors (Lipinski definition) is 3. The fraction of sp³-hybridized carbons (Fsp3) is 0.167. The highest BCUT2D eigenvalue weighted by molar-refractivity contribution is 5.95. The van der Waals surface area contributed by atoms with Crippen LogP contribution in [0.5, 0.6) is 5.75 Å². The number of esters is 1. The van der Waals surface area contributed by atoms with Gasteiger partial charge in [-0.15, -0.1) is 0 Å². The van der Waals surface area contributed by atoms with Crippen molar-refractivity contribution in [2.45, 2.75) is 13.8 Å². The standard InChI is InChI=1S/C12H12O3/c1-8(2)12(14)15-11-6-4-5-10(7-11)9(3)13/h4-7H,1H2,2-3H3. The number of benzene rings is 1. The number of hydrogen-bond donors (Lipinski definition) is 0. The van der Waals surface area contributed by atoms with Gasteiger partial charge >= 0.3 is 5.97 Å². The van der Waals surface area contributed by atoms with E-state index < -0.39 is 5.97 Å². The monoisotopic (exact) mass is 204 g/mol. The van der Waals surface area contributed by atoms with Gasteiger partial charge in [-0.1, -0.05) is 18.7 Å². The molecule has 3 heteroatoms. The molecule has 78 valence electrons. The molecular weight excluding hydrogens is 192 g/mol. The molecule has 0 bridgehead atoms. The second-order valence-corrected chi connectivity index (χ2v) is 3.25. The summed E-state index contributed by atoms with van der Waals surface area (Å²) in [5.74, 6) is -0.199. The van der Waals surface area contributed by atoms with Crippen molar-refractivity contribution in [3.05, 3.63) is 42.0 Å². The van der Waals surface area contributed by atoms with Gasteiger partial charge in [0.25, 0.3) is 0 Å². The largest absolute Gasteiger partial charge is 0.423 e. The van der Waals surface area contributed by atoms with E-state index in [-0.39, 0.29) is 5.78 Å². The van der Waals surface area contributed by atoms with Crippen LogP contribution in [0.15, 0.2) is 36.4 Å². The fourth-order valence-corrected chi connectivity index (χ4v) is 0.973. The maximum atomic E-state index is 11.2.